The summed E-state index contributed by atoms with van der Waals surface area (Å²) in [6.45, 7) is 0. The molecule has 0 bridgehead atoms. The molecule has 98 valence electrons. The quantitative estimate of drug-likeness (QED) is 0.913. The zero-order chi connectivity index (χ0) is 13.7. The van der Waals surface area contributed by atoms with Gasteiger partial charge in [0.25, 0.3) is 0 Å². The second-order valence-electron chi connectivity index (χ2n) is 4.13. The Bertz CT molecular complexity index is 574. The van der Waals surface area contributed by atoms with Crippen molar-refractivity contribution >= 4 is 15.9 Å². The zero-order valence-corrected chi connectivity index (χ0v) is 11.7. The van der Waals surface area contributed by atoms with E-state index in [2.05, 4.69) is 26.1 Å². The number of benzene rings is 1. The molecule has 0 saturated heterocycles. The number of aromatic nitrogens is 2. The first-order valence-corrected chi connectivity index (χ1v) is 6.57. The van der Waals surface area contributed by atoms with Gasteiger partial charge in [0.2, 0.25) is 5.89 Å². The number of aliphatic hydroxyl groups is 1. The topological polar surface area (TPSA) is 82.9 Å². The molecule has 1 unspecified atom stereocenters. The summed E-state index contributed by atoms with van der Waals surface area (Å²) in [7, 11) is 0. The van der Waals surface area contributed by atoms with Crippen LogP contribution in [0, 0.1) is 11.3 Å². The van der Waals surface area contributed by atoms with Crippen LogP contribution in [0.5, 0.6) is 0 Å². The van der Waals surface area contributed by atoms with E-state index in [1.54, 1.807) is 0 Å². The molecule has 1 N–H and O–H groups in total. The summed E-state index contributed by atoms with van der Waals surface area (Å²) in [5.74, 6) is 0.927. The Morgan fingerprint density at radius 2 is 2.11 bits per heavy atom. The molecule has 0 aliphatic rings. The fraction of sp³-hybridized carbons (Fsp3) is 0.308. The van der Waals surface area contributed by atoms with E-state index in [9.17, 15) is 5.11 Å². The maximum absolute atomic E-state index is 9.48. The maximum Gasteiger partial charge on any atom is 0.229 e. The third-order valence-electron chi connectivity index (χ3n) is 2.52. The molecule has 19 heavy (non-hydrogen) atoms. The Hall–Kier alpha value is -1.71. The molecule has 1 atom stereocenters. The van der Waals surface area contributed by atoms with Gasteiger partial charge in [-0.2, -0.15) is 10.2 Å². The van der Waals surface area contributed by atoms with Crippen LogP contribution in [0.25, 0.3) is 0 Å². The number of hydrogen-bond acceptors (Lipinski definition) is 5. The van der Waals surface area contributed by atoms with E-state index in [0.717, 1.165) is 10.0 Å². The third kappa shape index (κ3) is 4.16. The van der Waals surface area contributed by atoms with Crippen molar-refractivity contribution in [2.24, 2.45) is 0 Å². The molecule has 1 heterocycles. The van der Waals surface area contributed by atoms with Gasteiger partial charge in [-0.3, -0.25) is 0 Å². The first-order valence-electron chi connectivity index (χ1n) is 5.78. The summed E-state index contributed by atoms with van der Waals surface area (Å²) >= 11 is 3.37. The minimum atomic E-state index is -0.758. The van der Waals surface area contributed by atoms with Gasteiger partial charge in [-0.1, -0.05) is 33.2 Å². The molecule has 0 amide bonds. The van der Waals surface area contributed by atoms with Gasteiger partial charge in [0, 0.05) is 10.9 Å². The number of halogens is 1. The van der Waals surface area contributed by atoms with Crippen molar-refractivity contribution in [3.63, 3.8) is 0 Å². The predicted molar refractivity (Wildman–Crippen MR) is 71.2 cm³/mol. The molecule has 1 aromatic carbocycles. The van der Waals surface area contributed by atoms with Crippen LogP contribution < -0.4 is 0 Å². The van der Waals surface area contributed by atoms with E-state index in [1.807, 2.05) is 30.3 Å². The second-order valence-corrected chi connectivity index (χ2v) is 5.04. The van der Waals surface area contributed by atoms with Gasteiger partial charge in [-0.25, -0.2) is 0 Å². The lowest BCUT2D eigenvalue weighted by Gasteiger charge is -1.99. The minimum absolute atomic E-state index is 0.0599. The van der Waals surface area contributed by atoms with Gasteiger partial charge in [0.05, 0.1) is 25.0 Å². The summed E-state index contributed by atoms with van der Waals surface area (Å²) in [5.41, 5.74) is 1.08. The predicted octanol–water partition coefficient (Wildman–Crippen LogP) is 2.24. The Morgan fingerprint density at radius 1 is 1.37 bits per heavy atom. The molecule has 0 aliphatic heterocycles. The Balaban J connectivity index is 1.97. The van der Waals surface area contributed by atoms with Crippen molar-refractivity contribution in [1.82, 2.24) is 10.1 Å². The van der Waals surface area contributed by atoms with Crippen LogP contribution >= 0.6 is 15.9 Å². The zero-order valence-electron chi connectivity index (χ0n) is 10.1. The molecular weight excluding hydrogens is 310 g/mol. The van der Waals surface area contributed by atoms with E-state index in [-0.39, 0.29) is 12.8 Å². The maximum atomic E-state index is 9.48. The van der Waals surface area contributed by atoms with E-state index >= 15 is 0 Å². The monoisotopic (exact) mass is 321 g/mol. The molecule has 2 rings (SSSR count). The highest BCUT2D eigenvalue weighted by Gasteiger charge is 2.12. The van der Waals surface area contributed by atoms with E-state index in [4.69, 9.17) is 9.78 Å². The summed E-state index contributed by atoms with van der Waals surface area (Å²) < 4.78 is 6.06. The number of nitrogens with zero attached hydrogens (tertiary/aromatic N) is 3. The van der Waals surface area contributed by atoms with Gasteiger partial charge in [0.1, 0.15) is 0 Å². The van der Waals surface area contributed by atoms with E-state index in [1.165, 1.54) is 0 Å². The molecule has 6 heteroatoms. The number of nitriles is 1. The van der Waals surface area contributed by atoms with Crippen LogP contribution in [0.3, 0.4) is 0 Å². The highest BCUT2D eigenvalue weighted by Crippen LogP contribution is 2.13. The third-order valence-corrected chi connectivity index (χ3v) is 3.05. The van der Waals surface area contributed by atoms with Crippen molar-refractivity contribution in [1.29, 1.82) is 5.26 Å². The second kappa shape index (κ2) is 6.45. The average molecular weight is 322 g/mol. The van der Waals surface area contributed by atoms with Crippen LogP contribution in [-0.4, -0.2) is 21.4 Å². The Kier molecular flexibility index (Phi) is 4.66. The van der Waals surface area contributed by atoms with Crippen LogP contribution in [0.4, 0.5) is 0 Å². The molecule has 0 saturated carbocycles. The average Bonchev–Trinajstić information content (AvgIpc) is 2.80. The van der Waals surface area contributed by atoms with Gasteiger partial charge < -0.3 is 9.63 Å². The lowest BCUT2D eigenvalue weighted by molar-refractivity contribution is 0.167. The molecular formula is C13H12BrN3O2. The van der Waals surface area contributed by atoms with Crippen molar-refractivity contribution in [2.45, 2.75) is 25.4 Å². The lowest BCUT2D eigenvalue weighted by atomic mass is 10.1. The summed E-state index contributed by atoms with van der Waals surface area (Å²) in [4.78, 5) is 4.19. The largest absolute Gasteiger partial charge is 0.392 e. The molecule has 0 fully saturated rings. The number of aliphatic hydroxyl groups excluding tert-OH is 1. The highest BCUT2D eigenvalue weighted by molar-refractivity contribution is 9.10. The van der Waals surface area contributed by atoms with Crippen LogP contribution in [0.1, 0.15) is 23.7 Å². The van der Waals surface area contributed by atoms with Crippen LogP contribution in [0.2, 0.25) is 0 Å². The molecule has 0 aliphatic carbocycles. The van der Waals surface area contributed by atoms with Crippen LogP contribution in [0.15, 0.2) is 33.3 Å². The van der Waals surface area contributed by atoms with Crippen LogP contribution in [-0.2, 0) is 12.8 Å². The summed E-state index contributed by atoms with van der Waals surface area (Å²) in [6, 6.07) is 9.75. The Morgan fingerprint density at radius 3 is 2.79 bits per heavy atom. The van der Waals surface area contributed by atoms with Crippen molar-refractivity contribution in [3.8, 4) is 6.07 Å². The van der Waals surface area contributed by atoms with Gasteiger partial charge in [-0.05, 0) is 17.7 Å². The first kappa shape index (κ1) is 13.7. The summed E-state index contributed by atoms with van der Waals surface area (Å²) in [5, 5.41) is 21.8. The van der Waals surface area contributed by atoms with E-state index in [0.29, 0.717) is 18.1 Å². The first-order chi connectivity index (χ1) is 9.17. The number of hydrogen-bond donors (Lipinski definition) is 1. The molecule has 0 radical (unpaired) electrons. The number of rotatable bonds is 5. The van der Waals surface area contributed by atoms with E-state index < -0.39 is 6.10 Å². The fourth-order valence-electron chi connectivity index (χ4n) is 1.61. The summed E-state index contributed by atoms with van der Waals surface area (Å²) in [6.07, 6.45) is 0.0853. The normalized spacial score (nSPS) is 12.1. The highest BCUT2D eigenvalue weighted by atomic mass is 79.9. The standard InChI is InChI=1S/C13H12BrN3O2/c14-10-3-1-9(2-4-10)7-12-16-13(19-17-12)8-11(18)5-6-15/h1-4,11,18H,5,7-8H2. The minimum Gasteiger partial charge on any atom is -0.392 e. The van der Waals surface area contributed by atoms with Gasteiger partial charge >= 0.3 is 0 Å². The SMILES string of the molecule is N#CCC(O)Cc1nc(Cc2ccc(Br)cc2)no1. The smallest absolute Gasteiger partial charge is 0.229 e. The van der Waals surface area contributed by atoms with Crippen molar-refractivity contribution in [2.75, 3.05) is 0 Å². The fourth-order valence-corrected chi connectivity index (χ4v) is 1.87. The Labute approximate surface area is 119 Å². The molecule has 1 aromatic heterocycles. The van der Waals surface area contributed by atoms with Crippen molar-refractivity contribution in [3.05, 3.63) is 46.0 Å². The van der Waals surface area contributed by atoms with Crippen molar-refractivity contribution < 1.29 is 9.63 Å². The molecule has 5 nitrogen and oxygen atoms in total. The molecule has 0 spiro atoms. The molecule has 2 aromatic rings. The lowest BCUT2D eigenvalue weighted by Crippen LogP contribution is -2.09. The van der Waals surface area contributed by atoms with Gasteiger partial charge in [0.15, 0.2) is 5.82 Å². The van der Waals surface area contributed by atoms with Gasteiger partial charge in [-0.15, -0.1) is 0 Å².